The van der Waals surface area contributed by atoms with E-state index in [0.29, 0.717) is 6.54 Å². The summed E-state index contributed by atoms with van der Waals surface area (Å²) in [6, 6.07) is 6.39. The Balaban J connectivity index is 1.94. The molecule has 2 aromatic rings. The molecule has 1 N–H and O–H groups in total. The summed E-state index contributed by atoms with van der Waals surface area (Å²) >= 11 is 1.73. The molecule has 0 spiro atoms. The van der Waals surface area contributed by atoms with Gasteiger partial charge in [0.15, 0.2) is 0 Å². The summed E-state index contributed by atoms with van der Waals surface area (Å²) in [6.07, 6.45) is 3.58. The lowest BCUT2D eigenvalue weighted by Crippen LogP contribution is -2.41. The van der Waals surface area contributed by atoms with Crippen LogP contribution in [0.4, 0.5) is 0 Å². The van der Waals surface area contributed by atoms with Crippen LogP contribution in [-0.2, 0) is 4.79 Å². The van der Waals surface area contributed by atoms with E-state index in [9.17, 15) is 9.90 Å². The van der Waals surface area contributed by atoms with Crippen LogP contribution in [0.1, 0.15) is 40.6 Å². The quantitative estimate of drug-likeness (QED) is 0.930. The molecule has 0 amide bonds. The molecule has 0 radical (unpaired) electrons. The number of aromatic nitrogens is 1. The van der Waals surface area contributed by atoms with Gasteiger partial charge in [-0.2, -0.15) is 0 Å². The average molecular weight is 330 g/mol. The summed E-state index contributed by atoms with van der Waals surface area (Å²) in [5.74, 6) is -0.967. The van der Waals surface area contributed by atoms with Gasteiger partial charge in [-0.1, -0.05) is 6.07 Å². The summed E-state index contributed by atoms with van der Waals surface area (Å²) in [5.41, 5.74) is 3.38. The molecule has 1 fully saturated rings. The summed E-state index contributed by atoms with van der Waals surface area (Å²) in [5, 5.41) is 11.5. The number of rotatable bonds is 4. The summed E-state index contributed by atoms with van der Waals surface area (Å²) in [6.45, 7) is 5.63. The van der Waals surface area contributed by atoms with Crippen LogP contribution in [0.3, 0.4) is 0 Å². The standard InChI is InChI=1S/C18H22N2O2S/c1-12-5-6-15(19-9-12)17(16-8-13(2)11-23-16)20-7-3-4-14(10-20)18(21)22/h5-6,8-9,11,14,17H,3-4,7,10H2,1-2H3,(H,21,22). The van der Waals surface area contributed by atoms with Gasteiger partial charge in [0.25, 0.3) is 0 Å². The third-order valence-electron chi connectivity index (χ3n) is 4.40. The number of hydrogen-bond donors (Lipinski definition) is 1. The molecule has 23 heavy (non-hydrogen) atoms. The molecule has 1 saturated heterocycles. The van der Waals surface area contributed by atoms with E-state index in [0.717, 1.165) is 30.6 Å². The number of piperidine rings is 1. The first kappa shape index (κ1) is 16.1. The van der Waals surface area contributed by atoms with Crippen molar-refractivity contribution in [2.45, 2.75) is 32.7 Å². The Hall–Kier alpha value is -1.72. The number of aliphatic carboxylic acids is 1. The first-order valence-electron chi connectivity index (χ1n) is 7.99. The number of carboxylic acids is 1. The Bertz CT molecular complexity index is 681. The second kappa shape index (κ2) is 6.81. The molecule has 0 aliphatic carbocycles. The van der Waals surface area contributed by atoms with Gasteiger partial charge >= 0.3 is 5.97 Å². The van der Waals surface area contributed by atoms with E-state index in [1.165, 1.54) is 10.4 Å². The lowest BCUT2D eigenvalue weighted by Gasteiger charge is -2.36. The van der Waals surface area contributed by atoms with Crippen molar-refractivity contribution in [3.05, 3.63) is 51.5 Å². The van der Waals surface area contributed by atoms with Crippen molar-refractivity contribution in [1.29, 1.82) is 0 Å². The van der Waals surface area contributed by atoms with Crippen LogP contribution >= 0.6 is 11.3 Å². The Morgan fingerprint density at radius 3 is 2.83 bits per heavy atom. The van der Waals surface area contributed by atoms with Crippen molar-refractivity contribution in [3.8, 4) is 0 Å². The maximum Gasteiger partial charge on any atom is 0.307 e. The zero-order chi connectivity index (χ0) is 16.4. The summed E-state index contributed by atoms with van der Waals surface area (Å²) < 4.78 is 0. The highest BCUT2D eigenvalue weighted by atomic mass is 32.1. The molecular formula is C18H22N2O2S. The van der Waals surface area contributed by atoms with Gasteiger partial charge in [0, 0.05) is 17.6 Å². The highest BCUT2D eigenvalue weighted by Gasteiger charge is 2.32. The maximum atomic E-state index is 11.4. The molecule has 0 saturated carbocycles. The van der Waals surface area contributed by atoms with Crippen molar-refractivity contribution in [2.24, 2.45) is 5.92 Å². The van der Waals surface area contributed by atoms with Gasteiger partial charge in [0.1, 0.15) is 0 Å². The minimum absolute atomic E-state index is 0.0523. The van der Waals surface area contributed by atoms with Gasteiger partial charge in [-0.05, 0) is 61.9 Å². The smallest absolute Gasteiger partial charge is 0.307 e. The predicted octanol–water partition coefficient (Wildman–Crippen LogP) is 3.65. The summed E-state index contributed by atoms with van der Waals surface area (Å²) in [4.78, 5) is 19.6. The maximum absolute atomic E-state index is 11.4. The van der Waals surface area contributed by atoms with E-state index in [4.69, 9.17) is 0 Å². The number of carbonyl (C=O) groups is 1. The van der Waals surface area contributed by atoms with E-state index in [2.05, 4.69) is 40.4 Å². The van der Waals surface area contributed by atoms with Crippen molar-refractivity contribution in [3.63, 3.8) is 0 Å². The third-order valence-corrected chi connectivity index (χ3v) is 5.50. The molecule has 2 unspecified atom stereocenters. The minimum Gasteiger partial charge on any atom is -0.481 e. The van der Waals surface area contributed by atoms with Crippen LogP contribution < -0.4 is 0 Å². The fourth-order valence-corrected chi connectivity index (χ4v) is 4.24. The number of hydrogen-bond acceptors (Lipinski definition) is 4. The van der Waals surface area contributed by atoms with Crippen molar-refractivity contribution < 1.29 is 9.90 Å². The largest absolute Gasteiger partial charge is 0.481 e. The average Bonchev–Trinajstić information content (AvgIpc) is 2.96. The Morgan fingerprint density at radius 2 is 2.22 bits per heavy atom. The lowest BCUT2D eigenvalue weighted by atomic mass is 9.95. The topological polar surface area (TPSA) is 53.4 Å². The third kappa shape index (κ3) is 3.62. The Labute approximate surface area is 140 Å². The van der Waals surface area contributed by atoms with Crippen molar-refractivity contribution >= 4 is 17.3 Å². The molecule has 5 heteroatoms. The van der Waals surface area contributed by atoms with E-state index in [1.54, 1.807) is 11.3 Å². The Morgan fingerprint density at radius 1 is 1.39 bits per heavy atom. The lowest BCUT2D eigenvalue weighted by molar-refractivity contribution is -0.143. The molecule has 0 aromatic carbocycles. The minimum atomic E-state index is -0.687. The summed E-state index contributed by atoms with van der Waals surface area (Å²) in [7, 11) is 0. The highest BCUT2D eigenvalue weighted by Crippen LogP contribution is 2.35. The van der Waals surface area contributed by atoms with Crippen LogP contribution in [0.2, 0.25) is 0 Å². The number of aryl methyl sites for hydroxylation is 2. The molecule has 122 valence electrons. The molecule has 3 heterocycles. The molecule has 1 aliphatic rings. The van der Waals surface area contributed by atoms with Gasteiger partial charge in [-0.3, -0.25) is 14.7 Å². The fourth-order valence-electron chi connectivity index (χ4n) is 3.19. The normalized spacial score (nSPS) is 20.3. The number of nitrogens with zero attached hydrogens (tertiary/aromatic N) is 2. The molecule has 2 atom stereocenters. The van der Waals surface area contributed by atoms with Crippen LogP contribution in [0.15, 0.2) is 29.8 Å². The molecule has 2 aromatic heterocycles. The number of carboxylic acid groups (broad SMARTS) is 1. The van der Waals surface area contributed by atoms with Crippen LogP contribution in [0, 0.1) is 19.8 Å². The van der Waals surface area contributed by atoms with Crippen LogP contribution in [-0.4, -0.2) is 34.0 Å². The first-order chi connectivity index (χ1) is 11.0. The van der Waals surface area contributed by atoms with Gasteiger partial charge in [-0.25, -0.2) is 0 Å². The first-order valence-corrected chi connectivity index (χ1v) is 8.87. The van der Waals surface area contributed by atoms with Gasteiger partial charge in [0.2, 0.25) is 0 Å². The van der Waals surface area contributed by atoms with Gasteiger partial charge in [0.05, 0.1) is 17.7 Å². The van der Waals surface area contributed by atoms with Crippen LogP contribution in [0.5, 0.6) is 0 Å². The Kier molecular flexibility index (Phi) is 4.78. The second-order valence-electron chi connectivity index (χ2n) is 6.36. The number of pyridine rings is 1. The molecule has 1 aliphatic heterocycles. The van der Waals surface area contributed by atoms with E-state index < -0.39 is 5.97 Å². The SMILES string of the molecule is Cc1ccc(C(c2cc(C)cs2)N2CCCC(C(=O)O)C2)nc1. The van der Waals surface area contributed by atoms with Gasteiger partial charge in [-0.15, -0.1) is 11.3 Å². The number of likely N-dealkylation sites (tertiary alicyclic amines) is 1. The van der Waals surface area contributed by atoms with Gasteiger partial charge < -0.3 is 5.11 Å². The zero-order valence-electron chi connectivity index (χ0n) is 13.5. The second-order valence-corrected chi connectivity index (χ2v) is 7.30. The van der Waals surface area contributed by atoms with E-state index in [-0.39, 0.29) is 12.0 Å². The molecule has 4 nitrogen and oxygen atoms in total. The van der Waals surface area contributed by atoms with Crippen LogP contribution in [0.25, 0.3) is 0 Å². The number of thiophene rings is 1. The molecule has 3 rings (SSSR count). The molecule has 0 bridgehead atoms. The predicted molar refractivity (Wildman–Crippen MR) is 91.8 cm³/mol. The van der Waals surface area contributed by atoms with Crippen molar-refractivity contribution in [2.75, 3.05) is 13.1 Å². The van der Waals surface area contributed by atoms with E-state index >= 15 is 0 Å². The van der Waals surface area contributed by atoms with E-state index in [1.807, 2.05) is 13.1 Å². The highest BCUT2D eigenvalue weighted by molar-refractivity contribution is 7.10. The molecular weight excluding hydrogens is 308 g/mol. The van der Waals surface area contributed by atoms with Crippen molar-refractivity contribution in [1.82, 2.24) is 9.88 Å². The monoisotopic (exact) mass is 330 g/mol. The zero-order valence-corrected chi connectivity index (χ0v) is 14.3. The fraction of sp³-hybridized carbons (Fsp3) is 0.444.